The largest absolute Gasteiger partial charge is 0.477 e. The quantitative estimate of drug-likeness (QED) is 0.0263. The van der Waals surface area contributed by atoms with E-state index in [2.05, 4.69) is 31.9 Å². The highest BCUT2D eigenvalue weighted by Crippen LogP contribution is 2.36. The molecule has 2 aliphatic rings. The molecular weight excluding hydrogens is 1280 g/mol. The number of carboxylic acids is 2. The van der Waals surface area contributed by atoms with Gasteiger partial charge in [-0.05, 0) is 109 Å². The number of ether oxygens (including phenoxy) is 4. The number of aliphatic hydroxyl groups is 6. The van der Waals surface area contributed by atoms with Gasteiger partial charge in [0.1, 0.15) is 24.4 Å². The van der Waals surface area contributed by atoms with Crippen molar-refractivity contribution < 1.29 is 98.2 Å². The molecule has 0 spiro atoms. The van der Waals surface area contributed by atoms with Crippen LogP contribution in [0.3, 0.4) is 0 Å². The third-order valence-electron chi connectivity index (χ3n) is 16.0. The van der Waals surface area contributed by atoms with Gasteiger partial charge in [-0.3, -0.25) is 28.8 Å². The standard InChI is InChI=1S/C68H84N6O20S2/c1-39-7-11-43(12-8-39)45-15-19-49(20-16-45)63(85)71-37-53(79)57(81)59-55(73-41(3)75)51(77)35-67(93-59,65(87)88)91-29-5-31-95-33-27-69-61(83)47-23-25-48(26-24-47)62(84)70-28-34-96-32-6-30-92-68(66(89)90)36-52(78)56(74-42(4)76)60(94-68)58(82)54(80)38-72-64(86)50-21-17-46(18-22-50)44-13-9-40(2)10-14-44/h7-26,51-60,77-82H,5-6,27-38H2,1-4H3,(H,69,83)(H,70,84)(H,71,85)(H,72,86)(H,73,75)(H,74,76)(H,87,88)(H,89,90)/t51-,52-,53+,54+,55+,56+,57?,58?,59+,60+,67+,68+/m0/s1. The summed E-state index contributed by atoms with van der Waals surface area (Å²) >= 11 is 2.84. The summed E-state index contributed by atoms with van der Waals surface area (Å²) in [6.45, 7) is 5.36. The van der Waals surface area contributed by atoms with Crippen molar-refractivity contribution in [2.75, 3.05) is 62.4 Å². The maximum absolute atomic E-state index is 13.0. The molecule has 2 unspecified atom stereocenters. The number of rotatable bonds is 34. The molecule has 12 atom stereocenters. The van der Waals surface area contributed by atoms with Gasteiger partial charge in [0, 0.05) is 86.6 Å². The van der Waals surface area contributed by atoms with Gasteiger partial charge in [0.2, 0.25) is 11.8 Å². The first-order chi connectivity index (χ1) is 45.8. The Labute approximate surface area is 563 Å². The summed E-state index contributed by atoms with van der Waals surface area (Å²) in [5.74, 6) is -9.64. The van der Waals surface area contributed by atoms with Crippen molar-refractivity contribution in [2.24, 2.45) is 0 Å². The summed E-state index contributed by atoms with van der Waals surface area (Å²) < 4.78 is 23.2. The molecule has 96 heavy (non-hydrogen) atoms. The molecule has 5 aromatic carbocycles. The smallest absolute Gasteiger partial charge is 0.364 e. The van der Waals surface area contributed by atoms with E-state index in [1.54, 1.807) is 48.5 Å². The second-order valence-electron chi connectivity index (χ2n) is 23.4. The van der Waals surface area contributed by atoms with Crippen LogP contribution in [0.25, 0.3) is 22.3 Å². The average Bonchev–Trinajstić information content (AvgIpc) is 0.778. The van der Waals surface area contributed by atoms with Gasteiger partial charge in [0.05, 0.1) is 49.7 Å². The van der Waals surface area contributed by atoms with Crippen LogP contribution in [0, 0.1) is 13.8 Å². The molecule has 2 heterocycles. The van der Waals surface area contributed by atoms with Crippen LogP contribution in [0.1, 0.15) is 92.1 Å². The number of nitrogens with one attached hydrogen (secondary N) is 6. The summed E-state index contributed by atoms with van der Waals surface area (Å²) in [6.07, 6.45) is -14.7. The maximum atomic E-state index is 13.0. The molecule has 14 N–H and O–H groups in total. The minimum Gasteiger partial charge on any atom is -0.477 e. The van der Waals surface area contributed by atoms with E-state index in [1.165, 1.54) is 47.8 Å². The Balaban J connectivity index is 0.774. The highest BCUT2D eigenvalue weighted by atomic mass is 32.2. The molecule has 0 aromatic heterocycles. The highest BCUT2D eigenvalue weighted by Gasteiger charge is 2.57. The molecular formula is C68H84N6O20S2. The zero-order valence-electron chi connectivity index (χ0n) is 53.5. The lowest BCUT2D eigenvalue weighted by Gasteiger charge is -2.46. The number of carbonyl (C=O) groups excluding carboxylic acids is 6. The van der Waals surface area contributed by atoms with Crippen LogP contribution < -0.4 is 31.9 Å². The molecule has 28 heteroatoms. The number of thioether (sulfide) groups is 2. The normalized spacial score (nSPS) is 22.1. The number of carboxylic acid groups (broad SMARTS) is 2. The number of carbonyl (C=O) groups is 8. The van der Waals surface area contributed by atoms with Crippen LogP contribution in [0.2, 0.25) is 0 Å². The van der Waals surface area contributed by atoms with Gasteiger partial charge in [-0.1, -0.05) is 83.9 Å². The molecule has 0 aliphatic carbocycles. The minimum absolute atomic E-state index is 0.185. The Morgan fingerprint density at radius 2 is 0.760 bits per heavy atom. The maximum Gasteiger partial charge on any atom is 0.364 e. The van der Waals surface area contributed by atoms with E-state index in [9.17, 15) is 79.2 Å². The van der Waals surface area contributed by atoms with Gasteiger partial charge in [-0.25, -0.2) is 9.59 Å². The zero-order chi connectivity index (χ0) is 69.7. The number of hydrogen-bond donors (Lipinski definition) is 14. The van der Waals surface area contributed by atoms with Crippen molar-refractivity contribution in [1.82, 2.24) is 31.9 Å². The van der Waals surface area contributed by atoms with Crippen LogP contribution in [-0.2, 0) is 38.1 Å². The van der Waals surface area contributed by atoms with Crippen molar-refractivity contribution in [2.45, 2.75) is 126 Å². The molecule has 2 fully saturated rings. The summed E-state index contributed by atoms with van der Waals surface area (Å²) in [5, 5.41) is 103. The molecule has 518 valence electrons. The Kier molecular flexibility index (Phi) is 28.3. The Morgan fingerprint density at radius 3 is 1.06 bits per heavy atom. The first-order valence-electron chi connectivity index (χ1n) is 31.3. The monoisotopic (exact) mass is 1370 g/mol. The highest BCUT2D eigenvalue weighted by molar-refractivity contribution is 7.99. The van der Waals surface area contributed by atoms with Crippen molar-refractivity contribution in [3.05, 3.63) is 155 Å². The van der Waals surface area contributed by atoms with Crippen LogP contribution in [0.5, 0.6) is 0 Å². The molecule has 26 nitrogen and oxygen atoms in total. The van der Waals surface area contributed by atoms with Gasteiger partial charge >= 0.3 is 11.9 Å². The second-order valence-corrected chi connectivity index (χ2v) is 25.9. The SMILES string of the molecule is CC(=O)N[C@@H]1[C@@H](O)C[C@](OCCCSCCNC(=O)c2ccc(C(=O)NCCSCCCO[C@]3(C(=O)O)C[C@H](O)[C@@H](NC(C)=O)[C@H](C(O)[C@H](O)CNC(=O)c4ccc(-c5ccc(C)cc5)cc4)O3)cc2)(C(=O)O)O[C@H]1C(O)[C@H](O)CNC(=O)c1ccc(-c2ccc(C)cc2)cc1. The Morgan fingerprint density at radius 1 is 0.469 bits per heavy atom. The van der Waals surface area contributed by atoms with Gasteiger partial charge in [-0.2, -0.15) is 23.5 Å². The average molecular weight is 1370 g/mol. The van der Waals surface area contributed by atoms with Crippen molar-refractivity contribution in [1.29, 1.82) is 0 Å². The third-order valence-corrected chi connectivity index (χ3v) is 18.2. The predicted octanol–water partition coefficient (Wildman–Crippen LogP) is 2.55. The molecule has 0 bridgehead atoms. The van der Waals surface area contributed by atoms with Crippen LogP contribution in [0.4, 0.5) is 0 Å². The summed E-state index contributed by atoms with van der Waals surface area (Å²) in [6, 6.07) is 32.4. The van der Waals surface area contributed by atoms with E-state index in [0.717, 1.165) is 47.2 Å². The van der Waals surface area contributed by atoms with Crippen LogP contribution in [0.15, 0.2) is 121 Å². The van der Waals surface area contributed by atoms with Gasteiger partial charge in [0.15, 0.2) is 0 Å². The van der Waals surface area contributed by atoms with E-state index in [-0.39, 0.29) is 50.3 Å². The lowest BCUT2D eigenvalue weighted by Crippen LogP contribution is -2.68. The van der Waals surface area contributed by atoms with Crippen molar-refractivity contribution >= 4 is 70.9 Å². The zero-order valence-corrected chi connectivity index (χ0v) is 55.1. The van der Waals surface area contributed by atoms with E-state index in [1.807, 2.05) is 62.4 Å². The van der Waals surface area contributed by atoms with Crippen molar-refractivity contribution in [3.8, 4) is 22.3 Å². The van der Waals surface area contributed by atoms with Gasteiger partial charge in [-0.15, -0.1) is 0 Å². The van der Waals surface area contributed by atoms with Crippen LogP contribution >= 0.6 is 23.5 Å². The van der Waals surface area contributed by atoms with Gasteiger partial charge in [0.25, 0.3) is 35.2 Å². The number of aryl methyl sites for hydroxylation is 2. The molecule has 2 saturated heterocycles. The molecule has 5 aromatic rings. The number of hydrogen-bond acceptors (Lipinski definition) is 20. The summed E-state index contributed by atoms with van der Waals surface area (Å²) in [4.78, 5) is 102. The van der Waals surface area contributed by atoms with E-state index >= 15 is 0 Å². The lowest BCUT2D eigenvalue weighted by atomic mass is 9.88. The first kappa shape index (κ1) is 75.5. The molecule has 0 radical (unpaired) electrons. The van der Waals surface area contributed by atoms with Crippen LogP contribution in [-0.4, -0.2) is 223 Å². The number of benzene rings is 5. The predicted molar refractivity (Wildman–Crippen MR) is 356 cm³/mol. The number of aliphatic hydroxyl groups excluding tert-OH is 6. The van der Waals surface area contributed by atoms with E-state index < -0.39 is 146 Å². The number of amides is 6. The first-order valence-corrected chi connectivity index (χ1v) is 33.6. The lowest BCUT2D eigenvalue weighted by molar-refractivity contribution is -0.310. The van der Waals surface area contributed by atoms with Crippen molar-refractivity contribution in [3.63, 3.8) is 0 Å². The summed E-state index contributed by atoms with van der Waals surface area (Å²) in [5.41, 5.74) is 6.98. The molecule has 7 rings (SSSR count). The number of aliphatic carboxylic acids is 2. The fourth-order valence-corrected chi connectivity index (χ4v) is 12.3. The minimum atomic E-state index is -2.49. The fraction of sp³-hybridized carbons (Fsp3) is 0.441. The Bertz CT molecular complexity index is 3200. The van der Waals surface area contributed by atoms with E-state index in [0.29, 0.717) is 34.1 Å². The summed E-state index contributed by atoms with van der Waals surface area (Å²) in [7, 11) is 0. The molecule has 0 saturated carbocycles. The fourth-order valence-electron chi connectivity index (χ4n) is 10.7. The molecule has 6 amide bonds. The second kappa shape index (κ2) is 35.9. The molecule has 2 aliphatic heterocycles. The Hall–Kier alpha value is -7.84. The topological polar surface area (TPSA) is 408 Å². The van der Waals surface area contributed by atoms with E-state index in [4.69, 9.17) is 18.9 Å². The third kappa shape index (κ3) is 21.1. The van der Waals surface area contributed by atoms with Gasteiger partial charge < -0.3 is 91.7 Å².